The maximum absolute atomic E-state index is 11.0. The van der Waals surface area contributed by atoms with Gasteiger partial charge in [-0.2, -0.15) is 0 Å². The van der Waals surface area contributed by atoms with E-state index < -0.39 is 10.5 Å². The van der Waals surface area contributed by atoms with Crippen LogP contribution in [0.1, 0.15) is 19.8 Å². The molecule has 1 aliphatic heterocycles. The summed E-state index contributed by atoms with van der Waals surface area (Å²) in [6.07, 6.45) is 1.44. The molecule has 1 unspecified atom stereocenters. The topological polar surface area (TPSA) is 106 Å². The number of pyridine rings is 1. The van der Waals surface area contributed by atoms with Crippen LogP contribution in [0.5, 0.6) is 0 Å². The monoisotopic (exact) mass is 252 g/mol. The third-order valence-corrected chi connectivity index (χ3v) is 3.05. The first-order valence-electron chi connectivity index (χ1n) is 5.77. The molecule has 1 atom stereocenters. The summed E-state index contributed by atoms with van der Waals surface area (Å²) in [6, 6.07) is 2.75. The van der Waals surface area contributed by atoms with Gasteiger partial charge >= 0.3 is 5.69 Å². The zero-order valence-electron chi connectivity index (χ0n) is 10.2. The number of piperidine rings is 1. The molecule has 1 aromatic heterocycles. The minimum atomic E-state index is -0.849. The summed E-state index contributed by atoms with van der Waals surface area (Å²) in [7, 11) is 0. The van der Waals surface area contributed by atoms with Crippen molar-refractivity contribution in [2.75, 3.05) is 23.7 Å². The Kier molecular flexibility index (Phi) is 3.08. The molecule has 1 aromatic rings. The fourth-order valence-electron chi connectivity index (χ4n) is 2.23. The minimum Gasteiger partial charge on any atom is -0.388 e. The first-order valence-corrected chi connectivity index (χ1v) is 5.77. The Morgan fingerprint density at radius 2 is 2.33 bits per heavy atom. The van der Waals surface area contributed by atoms with E-state index in [1.807, 2.05) is 0 Å². The van der Waals surface area contributed by atoms with Crippen LogP contribution in [0, 0.1) is 10.1 Å². The molecule has 7 nitrogen and oxygen atoms in total. The number of nitrogens with zero attached hydrogens (tertiary/aromatic N) is 3. The van der Waals surface area contributed by atoms with Gasteiger partial charge < -0.3 is 15.7 Å². The van der Waals surface area contributed by atoms with Gasteiger partial charge in [0.1, 0.15) is 5.82 Å². The number of nitro groups is 1. The van der Waals surface area contributed by atoms with Crippen LogP contribution in [0.25, 0.3) is 0 Å². The first-order chi connectivity index (χ1) is 8.39. The van der Waals surface area contributed by atoms with Gasteiger partial charge in [-0.15, -0.1) is 0 Å². The van der Waals surface area contributed by atoms with Crippen molar-refractivity contribution in [3.63, 3.8) is 0 Å². The third-order valence-electron chi connectivity index (χ3n) is 3.05. The lowest BCUT2D eigenvalue weighted by atomic mass is 9.95. The average Bonchev–Trinajstić information content (AvgIpc) is 2.27. The summed E-state index contributed by atoms with van der Waals surface area (Å²) < 4.78 is 0. The Balaban J connectivity index is 2.37. The summed E-state index contributed by atoms with van der Waals surface area (Å²) in [5.74, 6) is 0.473. The van der Waals surface area contributed by atoms with E-state index in [1.54, 1.807) is 11.8 Å². The molecule has 7 heteroatoms. The Morgan fingerprint density at radius 3 is 2.94 bits per heavy atom. The second kappa shape index (κ2) is 4.41. The van der Waals surface area contributed by atoms with Crippen LogP contribution in [-0.4, -0.2) is 33.7 Å². The van der Waals surface area contributed by atoms with E-state index >= 15 is 0 Å². The van der Waals surface area contributed by atoms with E-state index in [0.717, 1.165) is 6.42 Å². The predicted molar refractivity (Wildman–Crippen MR) is 67.4 cm³/mol. The van der Waals surface area contributed by atoms with Crippen molar-refractivity contribution in [3.8, 4) is 0 Å². The van der Waals surface area contributed by atoms with Gasteiger partial charge in [0.25, 0.3) is 0 Å². The number of rotatable bonds is 2. The minimum absolute atomic E-state index is 0.0816. The molecule has 18 heavy (non-hydrogen) atoms. The lowest BCUT2D eigenvalue weighted by molar-refractivity contribution is -0.384. The molecule has 0 bridgehead atoms. The standard InChI is InChI=1S/C11H16N4O3/c1-11(16)5-2-6-14(7-11)10-8(15(17)18)3-4-9(12)13-10/h3-4,16H,2,5-7H2,1H3,(H2,12,13). The number of aliphatic hydroxyl groups is 1. The lowest BCUT2D eigenvalue weighted by Gasteiger charge is -2.37. The fourth-order valence-corrected chi connectivity index (χ4v) is 2.23. The number of aromatic nitrogens is 1. The molecule has 1 saturated heterocycles. The van der Waals surface area contributed by atoms with Crippen molar-refractivity contribution in [1.82, 2.24) is 4.98 Å². The molecular formula is C11H16N4O3. The zero-order chi connectivity index (χ0) is 13.3. The Hall–Kier alpha value is -1.89. The van der Waals surface area contributed by atoms with E-state index in [4.69, 9.17) is 5.73 Å². The van der Waals surface area contributed by atoms with Crippen LogP contribution in [0.15, 0.2) is 12.1 Å². The van der Waals surface area contributed by atoms with Crippen LogP contribution in [-0.2, 0) is 0 Å². The van der Waals surface area contributed by atoms with E-state index in [2.05, 4.69) is 4.98 Å². The second-order valence-electron chi connectivity index (χ2n) is 4.86. The van der Waals surface area contributed by atoms with Gasteiger partial charge in [-0.25, -0.2) is 4.98 Å². The van der Waals surface area contributed by atoms with Gasteiger partial charge in [0.05, 0.1) is 10.5 Å². The van der Waals surface area contributed by atoms with Crippen LogP contribution < -0.4 is 10.6 Å². The summed E-state index contributed by atoms with van der Waals surface area (Å²) >= 11 is 0. The fraction of sp³-hybridized carbons (Fsp3) is 0.545. The van der Waals surface area contributed by atoms with E-state index in [0.29, 0.717) is 19.5 Å². The number of hydrogen-bond acceptors (Lipinski definition) is 6. The highest BCUT2D eigenvalue weighted by Gasteiger charge is 2.32. The molecule has 0 saturated carbocycles. The van der Waals surface area contributed by atoms with Crippen LogP contribution in [0.2, 0.25) is 0 Å². The van der Waals surface area contributed by atoms with Crippen molar-refractivity contribution in [2.45, 2.75) is 25.4 Å². The summed E-state index contributed by atoms with van der Waals surface area (Å²) in [4.78, 5) is 16.2. The SMILES string of the molecule is CC1(O)CCCN(c2nc(N)ccc2[N+](=O)[O-])C1. The van der Waals surface area contributed by atoms with Crippen molar-refractivity contribution >= 4 is 17.3 Å². The zero-order valence-corrected chi connectivity index (χ0v) is 10.2. The third kappa shape index (κ3) is 2.51. The molecule has 3 N–H and O–H groups in total. The van der Waals surface area contributed by atoms with E-state index in [-0.39, 0.29) is 17.3 Å². The molecule has 2 rings (SSSR count). The van der Waals surface area contributed by atoms with Crippen molar-refractivity contribution < 1.29 is 10.0 Å². The molecule has 1 fully saturated rings. The molecular weight excluding hydrogens is 236 g/mol. The molecule has 0 aliphatic carbocycles. The van der Waals surface area contributed by atoms with Gasteiger partial charge in [-0.3, -0.25) is 10.1 Å². The summed E-state index contributed by atoms with van der Waals surface area (Å²) in [5.41, 5.74) is 4.65. The summed E-state index contributed by atoms with van der Waals surface area (Å²) in [5, 5.41) is 21.0. The van der Waals surface area contributed by atoms with E-state index in [9.17, 15) is 15.2 Å². The summed E-state index contributed by atoms with van der Waals surface area (Å²) in [6.45, 7) is 2.68. The molecule has 0 spiro atoms. The maximum atomic E-state index is 11.0. The highest BCUT2D eigenvalue weighted by atomic mass is 16.6. The average molecular weight is 252 g/mol. The number of nitrogens with two attached hydrogens (primary N) is 1. The van der Waals surface area contributed by atoms with Gasteiger partial charge in [-0.1, -0.05) is 0 Å². The molecule has 2 heterocycles. The van der Waals surface area contributed by atoms with Crippen molar-refractivity contribution in [2.24, 2.45) is 0 Å². The van der Waals surface area contributed by atoms with Crippen molar-refractivity contribution in [1.29, 1.82) is 0 Å². The Labute approximate surface area is 104 Å². The predicted octanol–water partition coefficient (Wildman–Crippen LogP) is 0.923. The number of anilines is 2. The molecule has 1 aliphatic rings. The molecule has 0 amide bonds. The van der Waals surface area contributed by atoms with Gasteiger partial charge in [0.15, 0.2) is 0 Å². The largest absolute Gasteiger partial charge is 0.388 e. The highest BCUT2D eigenvalue weighted by Crippen LogP contribution is 2.31. The smallest absolute Gasteiger partial charge is 0.311 e. The highest BCUT2D eigenvalue weighted by molar-refractivity contribution is 5.61. The van der Waals surface area contributed by atoms with Crippen LogP contribution in [0.3, 0.4) is 0 Å². The number of β-amino-alcohol motifs (C(OH)–C–C–N with tert-alkyl or cyclic N) is 1. The number of nitrogen functional groups attached to an aromatic ring is 1. The van der Waals surface area contributed by atoms with Gasteiger partial charge in [0, 0.05) is 19.2 Å². The Bertz CT molecular complexity index is 475. The van der Waals surface area contributed by atoms with E-state index in [1.165, 1.54) is 12.1 Å². The Morgan fingerprint density at radius 1 is 1.61 bits per heavy atom. The van der Waals surface area contributed by atoms with Gasteiger partial charge in [-0.05, 0) is 25.8 Å². The normalized spacial score (nSPS) is 24.0. The number of hydrogen-bond donors (Lipinski definition) is 2. The van der Waals surface area contributed by atoms with Crippen molar-refractivity contribution in [3.05, 3.63) is 22.2 Å². The maximum Gasteiger partial charge on any atom is 0.311 e. The van der Waals surface area contributed by atoms with Crippen LogP contribution in [0.4, 0.5) is 17.3 Å². The first kappa shape index (κ1) is 12.6. The molecule has 0 aromatic carbocycles. The van der Waals surface area contributed by atoms with Crippen LogP contribution >= 0.6 is 0 Å². The lowest BCUT2D eigenvalue weighted by Crippen LogP contribution is -2.46. The molecule has 98 valence electrons. The van der Waals surface area contributed by atoms with Gasteiger partial charge in [0.2, 0.25) is 5.82 Å². The molecule has 0 radical (unpaired) electrons. The quantitative estimate of drug-likeness (QED) is 0.599. The second-order valence-corrected chi connectivity index (χ2v) is 4.86.